The van der Waals surface area contributed by atoms with Crippen LogP contribution >= 0.6 is 0 Å². The standard InChI is InChI=1S/C5H7N5O3/c1-2-8-4(6)3(10(12)13)5(7)9(2)11/h7,11H,6H2,1H3. The molecule has 4 N–H and O–H groups in total. The van der Waals surface area contributed by atoms with E-state index in [-0.39, 0.29) is 11.6 Å². The molecule has 0 unspecified atom stereocenters. The van der Waals surface area contributed by atoms with Crippen molar-refractivity contribution in [2.24, 2.45) is 0 Å². The van der Waals surface area contributed by atoms with Gasteiger partial charge in [0.2, 0.25) is 11.3 Å². The van der Waals surface area contributed by atoms with Gasteiger partial charge in [-0.25, -0.2) is 4.98 Å². The van der Waals surface area contributed by atoms with Crippen LogP contribution in [-0.2, 0) is 0 Å². The zero-order valence-corrected chi connectivity index (χ0v) is 6.68. The van der Waals surface area contributed by atoms with Crippen LogP contribution in [0, 0.1) is 22.4 Å². The molecule has 0 aliphatic carbocycles. The monoisotopic (exact) mass is 185 g/mol. The predicted molar refractivity (Wildman–Crippen MR) is 41.1 cm³/mol. The third kappa shape index (κ3) is 1.28. The Morgan fingerprint density at radius 2 is 2.31 bits per heavy atom. The molecule has 8 heteroatoms. The van der Waals surface area contributed by atoms with E-state index in [4.69, 9.17) is 16.4 Å². The summed E-state index contributed by atoms with van der Waals surface area (Å²) in [4.78, 5) is 13.0. The Balaban J connectivity index is 3.63. The number of nitro groups is 1. The summed E-state index contributed by atoms with van der Waals surface area (Å²) >= 11 is 0. The maximum absolute atomic E-state index is 10.3. The second-order valence-corrected chi connectivity index (χ2v) is 2.31. The molecular weight excluding hydrogens is 178 g/mol. The Morgan fingerprint density at radius 1 is 1.77 bits per heavy atom. The topological polar surface area (TPSA) is 131 Å². The molecule has 0 saturated heterocycles. The first-order chi connectivity index (χ1) is 5.95. The Bertz CT molecular complexity index is 423. The van der Waals surface area contributed by atoms with Crippen molar-refractivity contribution in [3.63, 3.8) is 0 Å². The summed E-state index contributed by atoms with van der Waals surface area (Å²) in [5.41, 5.74) is 3.81. The van der Waals surface area contributed by atoms with E-state index in [0.717, 1.165) is 0 Å². The molecule has 13 heavy (non-hydrogen) atoms. The summed E-state index contributed by atoms with van der Waals surface area (Å²) in [5, 5.41) is 26.6. The van der Waals surface area contributed by atoms with Crippen molar-refractivity contribution >= 4 is 11.5 Å². The van der Waals surface area contributed by atoms with Gasteiger partial charge in [0.1, 0.15) is 5.82 Å². The first-order valence-electron chi connectivity index (χ1n) is 3.22. The van der Waals surface area contributed by atoms with E-state index in [9.17, 15) is 10.1 Å². The quantitative estimate of drug-likeness (QED) is 0.305. The average Bonchev–Trinajstić information content (AvgIpc) is 1.99. The van der Waals surface area contributed by atoms with Crippen molar-refractivity contribution in [1.82, 2.24) is 9.71 Å². The number of anilines is 1. The first kappa shape index (κ1) is 8.97. The summed E-state index contributed by atoms with van der Waals surface area (Å²) in [5.74, 6) is -0.356. The first-order valence-corrected chi connectivity index (χ1v) is 3.22. The van der Waals surface area contributed by atoms with Gasteiger partial charge < -0.3 is 10.9 Å². The third-order valence-corrected chi connectivity index (χ3v) is 1.45. The number of nitrogens with two attached hydrogens (primary N) is 1. The van der Waals surface area contributed by atoms with Gasteiger partial charge >= 0.3 is 5.69 Å². The largest absolute Gasteiger partial charge is 0.425 e. The van der Waals surface area contributed by atoms with E-state index in [1.165, 1.54) is 6.92 Å². The number of nitrogens with zero attached hydrogens (tertiary/aromatic N) is 3. The van der Waals surface area contributed by atoms with Crippen LogP contribution in [0.15, 0.2) is 0 Å². The Hall–Kier alpha value is -2.12. The molecule has 1 rings (SSSR count). The highest BCUT2D eigenvalue weighted by Gasteiger charge is 2.19. The van der Waals surface area contributed by atoms with Gasteiger partial charge in [-0.05, 0) is 6.92 Å². The molecule has 0 amide bonds. The minimum atomic E-state index is -0.864. The van der Waals surface area contributed by atoms with E-state index in [1.54, 1.807) is 0 Å². The van der Waals surface area contributed by atoms with E-state index in [0.29, 0.717) is 4.73 Å². The van der Waals surface area contributed by atoms with Crippen molar-refractivity contribution in [2.75, 3.05) is 5.73 Å². The number of hydrogen-bond donors (Lipinski definition) is 3. The minimum absolute atomic E-state index is 0.0214. The van der Waals surface area contributed by atoms with E-state index >= 15 is 0 Å². The van der Waals surface area contributed by atoms with E-state index in [2.05, 4.69) is 4.98 Å². The van der Waals surface area contributed by atoms with Crippen LogP contribution < -0.4 is 11.2 Å². The van der Waals surface area contributed by atoms with Gasteiger partial charge in [-0.15, -0.1) is 4.73 Å². The Morgan fingerprint density at radius 3 is 2.77 bits per heavy atom. The highest BCUT2D eigenvalue weighted by Crippen LogP contribution is 2.11. The fraction of sp³-hybridized carbons (Fsp3) is 0.200. The molecule has 1 aromatic rings. The molecule has 0 fully saturated rings. The second kappa shape index (κ2) is 2.73. The lowest BCUT2D eigenvalue weighted by Crippen LogP contribution is -2.25. The summed E-state index contributed by atoms with van der Waals surface area (Å²) in [6.07, 6.45) is 0. The van der Waals surface area contributed by atoms with Crippen LogP contribution in [0.2, 0.25) is 0 Å². The Kier molecular flexibility index (Phi) is 1.89. The zero-order chi connectivity index (χ0) is 10.2. The number of rotatable bonds is 1. The molecule has 0 spiro atoms. The molecule has 70 valence electrons. The molecule has 1 aromatic heterocycles. The maximum atomic E-state index is 10.3. The summed E-state index contributed by atoms with van der Waals surface area (Å²) in [6.45, 7) is 1.37. The van der Waals surface area contributed by atoms with E-state index in [1.807, 2.05) is 0 Å². The van der Waals surface area contributed by atoms with Crippen LogP contribution in [0.1, 0.15) is 5.82 Å². The highest BCUT2D eigenvalue weighted by molar-refractivity contribution is 5.49. The molecule has 1 heterocycles. The maximum Gasteiger partial charge on any atom is 0.356 e. The number of aromatic nitrogens is 2. The van der Waals surface area contributed by atoms with Crippen molar-refractivity contribution in [1.29, 1.82) is 5.41 Å². The molecule has 0 aliphatic heterocycles. The Labute approximate surface area is 71.9 Å². The zero-order valence-electron chi connectivity index (χ0n) is 6.68. The summed E-state index contributed by atoms with van der Waals surface area (Å²) < 4.78 is 0.300. The van der Waals surface area contributed by atoms with Gasteiger partial charge in [-0.3, -0.25) is 15.5 Å². The molecular formula is C5H7N5O3. The van der Waals surface area contributed by atoms with Gasteiger partial charge in [-0.1, -0.05) is 0 Å². The van der Waals surface area contributed by atoms with Gasteiger partial charge in [0.25, 0.3) is 0 Å². The SMILES string of the molecule is Cc1nc(N)c([N+](=O)[O-])c(=N)n1O. The highest BCUT2D eigenvalue weighted by atomic mass is 16.6. The smallest absolute Gasteiger partial charge is 0.356 e. The van der Waals surface area contributed by atoms with Crippen molar-refractivity contribution in [3.05, 3.63) is 21.4 Å². The molecule has 0 atom stereocenters. The van der Waals surface area contributed by atoms with Gasteiger partial charge in [0, 0.05) is 0 Å². The van der Waals surface area contributed by atoms with Crippen LogP contribution in [-0.4, -0.2) is 19.8 Å². The number of aryl methyl sites for hydroxylation is 1. The lowest BCUT2D eigenvalue weighted by atomic mass is 10.4. The number of nitrogen functional groups attached to an aromatic ring is 1. The molecule has 0 radical (unpaired) electrons. The van der Waals surface area contributed by atoms with Crippen molar-refractivity contribution < 1.29 is 10.1 Å². The molecule has 8 nitrogen and oxygen atoms in total. The lowest BCUT2D eigenvalue weighted by molar-refractivity contribution is -0.386. The fourth-order valence-corrected chi connectivity index (χ4v) is 0.838. The fourth-order valence-electron chi connectivity index (χ4n) is 0.838. The summed E-state index contributed by atoms with van der Waals surface area (Å²) in [6, 6.07) is 0. The predicted octanol–water partition coefficient (Wildman–Crippen LogP) is -0.601. The van der Waals surface area contributed by atoms with E-state index < -0.39 is 16.1 Å². The number of hydrogen-bond acceptors (Lipinski definition) is 6. The molecule has 0 aromatic carbocycles. The van der Waals surface area contributed by atoms with Crippen molar-refractivity contribution in [2.45, 2.75) is 6.92 Å². The van der Waals surface area contributed by atoms with Gasteiger partial charge in [-0.2, -0.15) is 0 Å². The van der Waals surface area contributed by atoms with Gasteiger partial charge in [0.05, 0.1) is 4.92 Å². The average molecular weight is 185 g/mol. The molecule has 0 bridgehead atoms. The van der Waals surface area contributed by atoms with Crippen molar-refractivity contribution in [3.8, 4) is 0 Å². The summed E-state index contributed by atoms with van der Waals surface area (Å²) in [7, 11) is 0. The normalized spacial score (nSPS) is 9.92. The molecule has 0 aliphatic rings. The number of nitrogens with one attached hydrogen (secondary N) is 1. The van der Waals surface area contributed by atoms with Gasteiger partial charge in [0.15, 0.2) is 0 Å². The minimum Gasteiger partial charge on any atom is -0.425 e. The van der Waals surface area contributed by atoms with Crippen LogP contribution in [0.3, 0.4) is 0 Å². The lowest BCUT2D eigenvalue weighted by Gasteiger charge is -2.03. The molecule has 0 saturated carbocycles. The van der Waals surface area contributed by atoms with Crippen LogP contribution in [0.4, 0.5) is 11.5 Å². The second-order valence-electron chi connectivity index (χ2n) is 2.31. The third-order valence-electron chi connectivity index (χ3n) is 1.45. The van der Waals surface area contributed by atoms with Crippen LogP contribution in [0.25, 0.3) is 0 Å². The van der Waals surface area contributed by atoms with Crippen LogP contribution in [0.5, 0.6) is 0 Å².